The second-order valence-electron chi connectivity index (χ2n) is 2.70. The highest BCUT2D eigenvalue weighted by atomic mass is 35.5. The number of hydrogen-bond donors (Lipinski definition) is 1. The number of rotatable bonds is 3. The molecule has 1 rings (SSSR count). The lowest BCUT2D eigenvalue weighted by molar-refractivity contribution is 0.141. The summed E-state index contributed by atoms with van der Waals surface area (Å²) >= 11 is 5.59. The van der Waals surface area contributed by atoms with Crippen LogP contribution in [0.2, 0.25) is 5.02 Å². The summed E-state index contributed by atoms with van der Waals surface area (Å²) in [6.45, 7) is 0. The highest BCUT2D eigenvalue weighted by Crippen LogP contribution is 2.36. The Morgan fingerprint density at radius 2 is 2.12 bits per heavy atom. The maximum atomic E-state index is 12.4. The normalized spacial score (nSPS) is 11.9. The maximum absolute atomic E-state index is 12.4. The fourth-order valence-electron chi connectivity index (χ4n) is 1.02. The molecule has 0 fully saturated rings. The SMILES string of the molecule is COc1c(C(F)F)ncc(S(N)(=O)=O)c1Cl. The summed E-state index contributed by atoms with van der Waals surface area (Å²) in [5.74, 6) is -0.497. The molecular formula is C7H7ClF2N2O3S. The molecule has 0 spiro atoms. The highest BCUT2D eigenvalue weighted by molar-refractivity contribution is 7.89. The lowest BCUT2D eigenvalue weighted by atomic mass is 10.3. The molecule has 0 unspecified atom stereocenters. The molecular weight excluding hydrogens is 266 g/mol. The quantitative estimate of drug-likeness (QED) is 0.900. The molecule has 0 aliphatic rings. The Morgan fingerprint density at radius 3 is 2.50 bits per heavy atom. The van der Waals surface area contributed by atoms with Crippen molar-refractivity contribution in [3.05, 3.63) is 16.9 Å². The van der Waals surface area contributed by atoms with E-state index >= 15 is 0 Å². The topological polar surface area (TPSA) is 82.3 Å². The van der Waals surface area contributed by atoms with E-state index in [1.165, 1.54) is 0 Å². The van der Waals surface area contributed by atoms with Crippen LogP contribution >= 0.6 is 11.6 Å². The van der Waals surface area contributed by atoms with Crippen molar-refractivity contribution in [3.8, 4) is 5.75 Å². The number of aromatic nitrogens is 1. The van der Waals surface area contributed by atoms with E-state index in [1.807, 2.05) is 0 Å². The minimum absolute atomic E-state index is 0.497. The zero-order valence-electron chi connectivity index (χ0n) is 7.95. The van der Waals surface area contributed by atoms with Gasteiger partial charge < -0.3 is 4.74 Å². The van der Waals surface area contributed by atoms with Crippen LogP contribution in [-0.4, -0.2) is 20.5 Å². The zero-order chi connectivity index (χ0) is 12.5. The fraction of sp³-hybridized carbons (Fsp3) is 0.286. The van der Waals surface area contributed by atoms with Crippen molar-refractivity contribution >= 4 is 21.6 Å². The first-order valence-corrected chi connectivity index (χ1v) is 5.74. The molecule has 5 nitrogen and oxygen atoms in total. The molecule has 0 atom stereocenters. The molecule has 0 aliphatic heterocycles. The fourth-order valence-corrected chi connectivity index (χ4v) is 2.10. The highest BCUT2D eigenvalue weighted by Gasteiger charge is 2.24. The molecule has 1 heterocycles. The third-order valence-corrected chi connectivity index (χ3v) is 3.10. The van der Waals surface area contributed by atoms with Gasteiger partial charge in [0, 0.05) is 6.20 Å². The van der Waals surface area contributed by atoms with E-state index in [9.17, 15) is 17.2 Å². The van der Waals surface area contributed by atoms with Crippen LogP contribution in [0, 0.1) is 0 Å². The molecule has 0 aromatic carbocycles. The first-order chi connectivity index (χ1) is 7.29. The maximum Gasteiger partial charge on any atom is 0.284 e. The average molecular weight is 273 g/mol. The molecule has 0 amide bonds. The Hall–Kier alpha value is -0.990. The largest absolute Gasteiger partial charge is 0.493 e. The van der Waals surface area contributed by atoms with Gasteiger partial charge in [-0.3, -0.25) is 0 Å². The van der Waals surface area contributed by atoms with Crippen molar-refractivity contribution in [2.75, 3.05) is 7.11 Å². The van der Waals surface area contributed by atoms with Gasteiger partial charge in [0.2, 0.25) is 10.0 Å². The molecule has 0 saturated heterocycles. The van der Waals surface area contributed by atoms with Gasteiger partial charge in [0.15, 0.2) is 5.75 Å². The predicted octanol–water partition coefficient (Wildman–Crippen LogP) is 1.33. The van der Waals surface area contributed by atoms with Crippen LogP contribution in [-0.2, 0) is 10.0 Å². The van der Waals surface area contributed by atoms with Crippen LogP contribution in [0.3, 0.4) is 0 Å². The summed E-state index contributed by atoms with van der Waals surface area (Å²) in [4.78, 5) is 2.70. The standard InChI is InChI=1S/C7H7ClF2N2O3S/c1-15-6-4(8)3(16(11,13)14)2-12-5(6)7(9)10/h2,7H,1H3,(H2,11,13,14). The molecule has 90 valence electrons. The van der Waals surface area contributed by atoms with E-state index < -0.39 is 37.8 Å². The number of halogens is 3. The number of alkyl halides is 2. The van der Waals surface area contributed by atoms with Gasteiger partial charge in [0.05, 0.1) is 7.11 Å². The van der Waals surface area contributed by atoms with Crippen molar-refractivity contribution < 1.29 is 21.9 Å². The molecule has 9 heteroatoms. The number of nitrogens with zero attached hydrogens (tertiary/aromatic N) is 1. The van der Waals surface area contributed by atoms with E-state index in [1.54, 1.807) is 0 Å². The molecule has 1 aromatic rings. The summed E-state index contributed by atoms with van der Waals surface area (Å²) in [6, 6.07) is 0. The van der Waals surface area contributed by atoms with E-state index in [4.69, 9.17) is 16.7 Å². The molecule has 0 aliphatic carbocycles. The zero-order valence-corrected chi connectivity index (χ0v) is 9.52. The van der Waals surface area contributed by atoms with Crippen molar-refractivity contribution in [3.63, 3.8) is 0 Å². The molecule has 2 N–H and O–H groups in total. The Kier molecular flexibility index (Phi) is 3.66. The Morgan fingerprint density at radius 1 is 1.56 bits per heavy atom. The van der Waals surface area contributed by atoms with Crippen LogP contribution in [0.15, 0.2) is 11.1 Å². The van der Waals surface area contributed by atoms with E-state index in [2.05, 4.69) is 9.72 Å². The third-order valence-electron chi connectivity index (χ3n) is 1.69. The van der Waals surface area contributed by atoms with Crippen molar-refractivity contribution in [2.45, 2.75) is 11.3 Å². The number of pyridine rings is 1. The number of methoxy groups -OCH3 is 1. The predicted molar refractivity (Wildman–Crippen MR) is 52.1 cm³/mol. The summed E-state index contributed by atoms with van der Waals surface area (Å²) in [7, 11) is -3.06. The van der Waals surface area contributed by atoms with Crippen molar-refractivity contribution in [1.29, 1.82) is 0 Å². The van der Waals surface area contributed by atoms with Gasteiger partial charge in [-0.2, -0.15) is 0 Å². The van der Waals surface area contributed by atoms with Gasteiger partial charge in [-0.1, -0.05) is 11.6 Å². The van der Waals surface area contributed by atoms with Gasteiger partial charge in [-0.25, -0.2) is 27.3 Å². The van der Waals surface area contributed by atoms with Crippen molar-refractivity contribution in [1.82, 2.24) is 4.98 Å². The van der Waals surface area contributed by atoms with E-state index in [0.29, 0.717) is 6.20 Å². The number of sulfonamides is 1. The first-order valence-electron chi connectivity index (χ1n) is 3.82. The molecule has 16 heavy (non-hydrogen) atoms. The molecule has 0 radical (unpaired) electrons. The first kappa shape index (κ1) is 13.1. The summed E-state index contributed by atoms with van der Waals surface area (Å²) in [6.07, 6.45) is -2.26. The van der Waals surface area contributed by atoms with Crippen LogP contribution < -0.4 is 9.88 Å². The van der Waals surface area contributed by atoms with Crippen LogP contribution in [0.5, 0.6) is 5.75 Å². The monoisotopic (exact) mass is 272 g/mol. The average Bonchev–Trinajstić information content (AvgIpc) is 2.14. The van der Waals surface area contributed by atoms with Gasteiger partial charge in [0.1, 0.15) is 15.6 Å². The Labute approximate surface area is 95.2 Å². The van der Waals surface area contributed by atoms with Crippen LogP contribution in [0.4, 0.5) is 8.78 Å². The number of primary sulfonamides is 1. The minimum Gasteiger partial charge on any atom is -0.493 e. The second-order valence-corrected chi connectivity index (χ2v) is 4.61. The Bertz CT molecular complexity index is 507. The van der Waals surface area contributed by atoms with Crippen molar-refractivity contribution in [2.24, 2.45) is 5.14 Å². The number of ether oxygens (including phenoxy) is 1. The Balaban J connectivity index is 3.53. The summed E-state index contributed by atoms with van der Waals surface area (Å²) < 4.78 is 51.5. The van der Waals surface area contributed by atoms with Gasteiger partial charge in [-0.05, 0) is 0 Å². The van der Waals surface area contributed by atoms with Gasteiger partial charge in [0.25, 0.3) is 6.43 Å². The minimum atomic E-state index is -4.13. The van der Waals surface area contributed by atoms with Crippen LogP contribution in [0.25, 0.3) is 0 Å². The lowest BCUT2D eigenvalue weighted by Crippen LogP contribution is -2.14. The van der Waals surface area contributed by atoms with E-state index in [-0.39, 0.29) is 0 Å². The third kappa shape index (κ3) is 2.39. The molecule has 1 aromatic heterocycles. The molecule has 0 bridgehead atoms. The summed E-state index contributed by atoms with van der Waals surface area (Å²) in [5.41, 5.74) is -0.736. The summed E-state index contributed by atoms with van der Waals surface area (Å²) in [5, 5.41) is 4.31. The lowest BCUT2D eigenvalue weighted by Gasteiger charge is -2.10. The van der Waals surface area contributed by atoms with Gasteiger partial charge >= 0.3 is 0 Å². The smallest absolute Gasteiger partial charge is 0.284 e. The second kappa shape index (κ2) is 4.48. The number of hydrogen-bond acceptors (Lipinski definition) is 4. The van der Waals surface area contributed by atoms with Crippen LogP contribution in [0.1, 0.15) is 12.1 Å². The molecule has 0 saturated carbocycles. The van der Waals surface area contributed by atoms with Gasteiger partial charge in [-0.15, -0.1) is 0 Å². The van der Waals surface area contributed by atoms with E-state index in [0.717, 1.165) is 7.11 Å². The number of nitrogens with two attached hydrogens (primary N) is 1.